The molecular weight excluding hydrogens is 414 g/mol. The Kier molecular flexibility index (Phi) is 6.67. The zero-order valence-electron chi connectivity index (χ0n) is 20.0. The summed E-state index contributed by atoms with van der Waals surface area (Å²) < 4.78 is 0. The zero-order chi connectivity index (χ0) is 23.7. The Labute approximate surface area is 196 Å². The Bertz CT molecular complexity index is 1090. The minimum atomic E-state index is -0.218. The number of allylic oxidation sites excluding steroid dienone is 2. The monoisotopic (exact) mass is 449 g/mol. The molecule has 8 heteroatoms. The molecule has 4 rings (SSSR count). The van der Waals surface area contributed by atoms with Crippen LogP contribution in [-0.2, 0) is 0 Å². The molecule has 2 aromatic heterocycles. The summed E-state index contributed by atoms with van der Waals surface area (Å²) in [5, 5.41) is 10.7. The molecule has 0 aromatic carbocycles. The molecule has 33 heavy (non-hydrogen) atoms. The van der Waals surface area contributed by atoms with E-state index in [4.69, 9.17) is 16.5 Å². The molecule has 5 N–H and O–H groups in total. The molecule has 1 saturated heterocycles. The third-order valence-electron chi connectivity index (χ3n) is 6.79. The van der Waals surface area contributed by atoms with E-state index in [1.165, 1.54) is 0 Å². The summed E-state index contributed by atoms with van der Waals surface area (Å²) in [5.74, 6) is 0.572. The van der Waals surface area contributed by atoms with Crippen molar-refractivity contribution in [1.29, 1.82) is 0 Å². The van der Waals surface area contributed by atoms with Gasteiger partial charge in [0.2, 0.25) is 5.95 Å². The number of likely N-dealkylation sites (N-methyl/N-ethyl adjacent to an activating group) is 1. The van der Waals surface area contributed by atoms with Crippen molar-refractivity contribution < 1.29 is 5.11 Å². The molecular formula is C25H35N7O. The largest absolute Gasteiger partial charge is 0.506 e. The summed E-state index contributed by atoms with van der Waals surface area (Å²) in [5.41, 5.74) is 18.1. The molecule has 0 aliphatic carbocycles. The topological polar surface area (TPSA) is 117 Å². The number of likely N-dealkylation sites (tertiary alicyclic amines) is 1. The maximum atomic E-state index is 10.7. The number of hydrogen-bond donors (Lipinski definition) is 3. The molecule has 4 heterocycles. The first kappa shape index (κ1) is 23.2. The number of hydrogen-bond acceptors (Lipinski definition) is 8. The van der Waals surface area contributed by atoms with Crippen molar-refractivity contribution in [3.8, 4) is 17.1 Å². The van der Waals surface area contributed by atoms with E-state index in [2.05, 4.69) is 21.8 Å². The van der Waals surface area contributed by atoms with Crippen LogP contribution in [0.25, 0.3) is 17.0 Å². The first-order valence-corrected chi connectivity index (χ1v) is 11.7. The van der Waals surface area contributed by atoms with Crippen LogP contribution >= 0.6 is 0 Å². The average molecular weight is 450 g/mol. The minimum Gasteiger partial charge on any atom is -0.506 e. The van der Waals surface area contributed by atoms with Crippen molar-refractivity contribution in [1.82, 2.24) is 24.8 Å². The van der Waals surface area contributed by atoms with Crippen LogP contribution in [0.15, 0.2) is 30.0 Å². The predicted molar refractivity (Wildman–Crippen MR) is 132 cm³/mol. The van der Waals surface area contributed by atoms with Crippen LogP contribution in [0.2, 0.25) is 0 Å². The van der Waals surface area contributed by atoms with Crippen LogP contribution in [0.4, 0.5) is 5.95 Å². The summed E-state index contributed by atoms with van der Waals surface area (Å²) in [6, 6.07) is 3.47. The van der Waals surface area contributed by atoms with Crippen molar-refractivity contribution >= 4 is 11.5 Å². The van der Waals surface area contributed by atoms with E-state index in [9.17, 15) is 5.11 Å². The van der Waals surface area contributed by atoms with Gasteiger partial charge < -0.3 is 26.4 Å². The molecule has 176 valence electrons. The van der Waals surface area contributed by atoms with Gasteiger partial charge in [-0.15, -0.1) is 0 Å². The standard InChI is InChI=1S/C25H35N7O/c1-5-11-32-12-6-7-17(14-32)21-16(3)22(30-25(27)29-21)23-20(33)9-8-19(28-23)18-10-13-31(4)24(26)15(18)2/h8-10,13,17,24,33H,5-7,11-12,14,26H2,1-4H3,(H2,27,29,30). The van der Waals surface area contributed by atoms with Crippen LogP contribution in [0, 0.1) is 6.92 Å². The lowest BCUT2D eigenvalue weighted by atomic mass is 9.90. The second kappa shape index (κ2) is 9.49. The lowest BCUT2D eigenvalue weighted by Crippen LogP contribution is -2.38. The molecule has 0 radical (unpaired) electrons. The van der Waals surface area contributed by atoms with Crippen LogP contribution in [0.1, 0.15) is 56.0 Å². The molecule has 0 spiro atoms. The van der Waals surface area contributed by atoms with E-state index in [-0.39, 0.29) is 17.9 Å². The summed E-state index contributed by atoms with van der Waals surface area (Å²) in [6.07, 6.45) is 7.06. The van der Waals surface area contributed by atoms with Gasteiger partial charge in [0.1, 0.15) is 17.1 Å². The highest BCUT2D eigenvalue weighted by Gasteiger charge is 2.27. The zero-order valence-corrected chi connectivity index (χ0v) is 20.0. The average Bonchev–Trinajstić information content (AvgIpc) is 2.80. The highest BCUT2D eigenvalue weighted by Crippen LogP contribution is 2.36. The SMILES string of the molecule is CCCN1CCCC(c2nc(N)nc(-c3nc(C4=C(C)C(N)N(C)C=C4)ccc3O)c2C)C1. The van der Waals surface area contributed by atoms with Gasteiger partial charge in [0.25, 0.3) is 0 Å². The molecule has 0 bridgehead atoms. The van der Waals surface area contributed by atoms with Gasteiger partial charge in [-0.25, -0.2) is 15.0 Å². The quantitative estimate of drug-likeness (QED) is 0.637. The maximum Gasteiger partial charge on any atom is 0.220 e. The summed E-state index contributed by atoms with van der Waals surface area (Å²) in [4.78, 5) is 18.4. The number of pyridine rings is 1. The van der Waals surface area contributed by atoms with E-state index in [0.717, 1.165) is 67.0 Å². The molecule has 2 atom stereocenters. The molecule has 2 aliphatic heterocycles. The number of nitrogens with zero attached hydrogens (tertiary/aromatic N) is 5. The number of aromatic hydroxyl groups is 1. The Balaban J connectivity index is 1.76. The van der Waals surface area contributed by atoms with Gasteiger partial charge in [-0.3, -0.25) is 0 Å². The van der Waals surface area contributed by atoms with Crippen LogP contribution in [0.3, 0.4) is 0 Å². The normalized spacial score (nSPS) is 21.7. The van der Waals surface area contributed by atoms with E-state index in [1.54, 1.807) is 6.07 Å². The first-order valence-electron chi connectivity index (χ1n) is 11.7. The van der Waals surface area contributed by atoms with E-state index < -0.39 is 0 Å². The molecule has 2 unspecified atom stereocenters. The number of nitrogens with two attached hydrogens (primary N) is 2. The summed E-state index contributed by atoms with van der Waals surface area (Å²) >= 11 is 0. The second-order valence-electron chi connectivity index (χ2n) is 9.17. The molecule has 2 aliphatic rings. The van der Waals surface area contributed by atoms with Gasteiger partial charge in [-0.1, -0.05) is 6.92 Å². The van der Waals surface area contributed by atoms with Gasteiger partial charge in [-0.2, -0.15) is 0 Å². The lowest BCUT2D eigenvalue weighted by Gasteiger charge is -2.33. The smallest absolute Gasteiger partial charge is 0.220 e. The van der Waals surface area contributed by atoms with Crippen molar-refractivity contribution in [2.24, 2.45) is 5.73 Å². The Morgan fingerprint density at radius 3 is 2.70 bits per heavy atom. The number of piperidine rings is 1. The Morgan fingerprint density at radius 2 is 1.94 bits per heavy atom. The van der Waals surface area contributed by atoms with Crippen molar-refractivity contribution in [2.75, 3.05) is 32.4 Å². The molecule has 0 amide bonds. The number of aromatic nitrogens is 3. The van der Waals surface area contributed by atoms with Crippen molar-refractivity contribution in [2.45, 2.75) is 52.1 Å². The van der Waals surface area contributed by atoms with Crippen LogP contribution in [0.5, 0.6) is 5.75 Å². The summed E-state index contributed by atoms with van der Waals surface area (Å²) in [7, 11) is 1.94. The Morgan fingerprint density at radius 1 is 1.15 bits per heavy atom. The third kappa shape index (κ3) is 4.58. The molecule has 8 nitrogen and oxygen atoms in total. The number of anilines is 1. The lowest BCUT2D eigenvalue weighted by molar-refractivity contribution is 0.206. The van der Waals surface area contributed by atoms with Gasteiger partial charge in [-0.05, 0) is 75.5 Å². The fourth-order valence-corrected chi connectivity index (χ4v) is 4.92. The number of rotatable bonds is 5. The fraction of sp³-hybridized carbons (Fsp3) is 0.480. The summed E-state index contributed by atoms with van der Waals surface area (Å²) in [6.45, 7) is 9.40. The second-order valence-corrected chi connectivity index (χ2v) is 9.17. The van der Waals surface area contributed by atoms with E-state index in [1.807, 2.05) is 44.1 Å². The highest BCUT2D eigenvalue weighted by molar-refractivity contribution is 5.78. The third-order valence-corrected chi connectivity index (χ3v) is 6.79. The van der Waals surface area contributed by atoms with Crippen LogP contribution < -0.4 is 11.5 Å². The van der Waals surface area contributed by atoms with Crippen molar-refractivity contribution in [3.05, 3.63) is 46.9 Å². The maximum absolute atomic E-state index is 10.7. The van der Waals surface area contributed by atoms with Gasteiger partial charge in [0.15, 0.2) is 0 Å². The van der Waals surface area contributed by atoms with E-state index >= 15 is 0 Å². The molecule has 0 saturated carbocycles. The fourth-order valence-electron chi connectivity index (χ4n) is 4.92. The predicted octanol–water partition coefficient (Wildman–Crippen LogP) is 3.24. The molecule has 1 fully saturated rings. The minimum absolute atomic E-state index is 0.0709. The van der Waals surface area contributed by atoms with Crippen molar-refractivity contribution in [3.63, 3.8) is 0 Å². The number of nitrogen functional groups attached to an aromatic ring is 1. The molecule has 2 aromatic rings. The van der Waals surface area contributed by atoms with E-state index in [0.29, 0.717) is 17.3 Å². The first-order chi connectivity index (χ1) is 15.8. The Hall–Kier alpha value is -2.97. The highest BCUT2D eigenvalue weighted by atomic mass is 16.3. The van der Waals surface area contributed by atoms with Gasteiger partial charge in [0.05, 0.1) is 17.6 Å². The van der Waals surface area contributed by atoms with Crippen LogP contribution in [-0.4, -0.2) is 62.7 Å². The van der Waals surface area contributed by atoms with Gasteiger partial charge >= 0.3 is 0 Å². The van der Waals surface area contributed by atoms with Gasteiger partial charge in [0, 0.05) is 31.3 Å².